The molecule has 0 aliphatic rings. The van der Waals surface area contributed by atoms with Crippen LogP contribution in [0.5, 0.6) is 0 Å². The molecule has 0 saturated carbocycles. The quantitative estimate of drug-likeness (QED) is 0.785. The van der Waals surface area contributed by atoms with Crippen molar-refractivity contribution in [1.82, 2.24) is 4.57 Å². The average Bonchev–Trinajstić information content (AvgIpc) is 2.71. The number of halogens is 2. The molecule has 0 aliphatic carbocycles. The molecule has 0 N–H and O–H groups in total. The Morgan fingerprint density at radius 1 is 1.38 bits per heavy atom. The molecule has 0 atom stereocenters. The van der Waals surface area contributed by atoms with Gasteiger partial charge in [-0.3, -0.25) is 0 Å². The molecular formula is C12H8ClFN2. The first-order valence-electron chi connectivity index (χ1n) is 4.70. The Bertz CT molecular complexity index is 554. The minimum absolute atomic E-state index is 0.329. The third kappa shape index (κ3) is 2.07. The summed E-state index contributed by atoms with van der Waals surface area (Å²) in [6, 6.07) is 9.73. The molecular weight excluding hydrogens is 227 g/mol. The van der Waals surface area contributed by atoms with Gasteiger partial charge in [0, 0.05) is 17.8 Å². The zero-order valence-electron chi connectivity index (χ0n) is 8.32. The Labute approximate surface area is 97.5 Å². The number of hydrogen-bond donors (Lipinski definition) is 0. The number of aromatic nitrogens is 1. The SMILES string of the molecule is N#Cc1cccn1Cc1cc(F)ccc1Cl. The molecule has 2 aromatic rings. The molecule has 1 aromatic carbocycles. The Kier molecular flexibility index (Phi) is 2.93. The highest BCUT2D eigenvalue weighted by Crippen LogP contribution is 2.19. The van der Waals surface area contributed by atoms with Crippen molar-refractivity contribution in [2.45, 2.75) is 6.54 Å². The Morgan fingerprint density at radius 2 is 2.19 bits per heavy atom. The molecule has 0 aliphatic heterocycles. The molecule has 1 heterocycles. The lowest BCUT2D eigenvalue weighted by Crippen LogP contribution is -2.01. The van der Waals surface area contributed by atoms with Crippen molar-refractivity contribution in [1.29, 1.82) is 5.26 Å². The third-order valence-corrected chi connectivity index (χ3v) is 2.66. The second-order valence-corrected chi connectivity index (χ2v) is 3.78. The molecule has 0 bridgehead atoms. The van der Waals surface area contributed by atoms with Crippen LogP contribution in [0.25, 0.3) is 0 Å². The monoisotopic (exact) mass is 234 g/mol. The fraction of sp³-hybridized carbons (Fsp3) is 0.0833. The van der Waals surface area contributed by atoms with Crippen LogP contribution in [-0.4, -0.2) is 4.57 Å². The predicted octanol–water partition coefficient (Wildman–Crippen LogP) is 3.20. The predicted molar refractivity (Wildman–Crippen MR) is 59.7 cm³/mol. The number of nitriles is 1. The van der Waals surface area contributed by atoms with Gasteiger partial charge < -0.3 is 4.57 Å². The standard InChI is InChI=1S/C12H8ClFN2/c13-12-4-3-10(14)6-9(12)8-16-5-1-2-11(16)7-15/h1-6H,8H2. The van der Waals surface area contributed by atoms with Crippen molar-refractivity contribution in [3.63, 3.8) is 0 Å². The van der Waals surface area contributed by atoms with Crippen LogP contribution >= 0.6 is 11.6 Å². The number of benzene rings is 1. The maximum absolute atomic E-state index is 13.0. The van der Waals surface area contributed by atoms with Crippen molar-refractivity contribution in [3.8, 4) is 6.07 Å². The second-order valence-electron chi connectivity index (χ2n) is 3.37. The molecule has 0 saturated heterocycles. The minimum Gasteiger partial charge on any atom is -0.335 e. The van der Waals surface area contributed by atoms with E-state index in [-0.39, 0.29) is 5.82 Å². The van der Waals surface area contributed by atoms with Crippen molar-refractivity contribution in [2.24, 2.45) is 0 Å². The van der Waals surface area contributed by atoms with E-state index in [2.05, 4.69) is 6.07 Å². The molecule has 0 spiro atoms. The number of nitrogens with zero attached hydrogens (tertiary/aromatic N) is 2. The van der Waals surface area contributed by atoms with Gasteiger partial charge in [-0.05, 0) is 35.9 Å². The summed E-state index contributed by atoms with van der Waals surface area (Å²) in [5, 5.41) is 9.33. The molecule has 2 rings (SSSR count). The van der Waals surface area contributed by atoms with Crippen LogP contribution < -0.4 is 0 Å². The molecule has 0 radical (unpaired) electrons. The highest BCUT2D eigenvalue weighted by Gasteiger charge is 2.05. The topological polar surface area (TPSA) is 28.7 Å². The van der Waals surface area contributed by atoms with Crippen LogP contribution in [0, 0.1) is 17.1 Å². The van der Waals surface area contributed by atoms with Crippen LogP contribution in [0.1, 0.15) is 11.3 Å². The van der Waals surface area contributed by atoms with Gasteiger partial charge in [0.15, 0.2) is 0 Å². The van der Waals surface area contributed by atoms with E-state index < -0.39 is 0 Å². The first-order chi connectivity index (χ1) is 7.70. The van der Waals surface area contributed by atoms with Gasteiger partial charge in [0.25, 0.3) is 0 Å². The Hall–Kier alpha value is -1.79. The number of rotatable bonds is 2. The van der Waals surface area contributed by atoms with Crippen molar-refractivity contribution in [3.05, 3.63) is 58.6 Å². The van der Waals surface area contributed by atoms with Crippen molar-refractivity contribution >= 4 is 11.6 Å². The lowest BCUT2D eigenvalue weighted by atomic mass is 10.2. The maximum Gasteiger partial charge on any atom is 0.123 e. The molecule has 0 fully saturated rings. The normalized spacial score (nSPS) is 10.1. The summed E-state index contributed by atoms with van der Waals surface area (Å²) in [5.74, 6) is -0.329. The van der Waals surface area contributed by atoms with Crippen LogP contribution in [-0.2, 0) is 6.54 Å². The lowest BCUT2D eigenvalue weighted by Gasteiger charge is -2.07. The molecule has 0 unspecified atom stereocenters. The molecule has 1 aromatic heterocycles. The van der Waals surface area contributed by atoms with Crippen molar-refractivity contribution < 1.29 is 4.39 Å². The Morgan fingerprint density at radius 3 is 2.94 bits per heavy atom. The van der Waals surface area contributed by atoms with Gasteiger partial charge in [-0.2, -0.15) is 5.26 Å². The highest BCUT2D eigenvalue weighted by atomic mass is 35.5. The van der Waals surface area contributed by atoms with E-state index in [1.807, 2.05) is 0 Å². The van der Waals surface area contributed by atoms with Gasteiger partial charge in [0.2, 0.25) is 0 Å². The van der Waals surface area contributed by atoms with Crippen LogP contribution in [0.2, 0.25) is 5.02 Å². The summed E-state index contributed by atoms with van der Waals surface area (Å²) in [6.45, 7) is 0.395. The van der Waals surface area contributed by atoms with E-state index in [0.717, 1.165) is 0 Å². The van der Waals surface area contributed by atoms with Gasteiger partial charge in [-0.25, -0.2) is 4.39 Å². The second kappa shape index (κ2) is 4.38. The van der Waals surface area contributed by atoms with Gasteiger partial charge in [0.05, 0.1) is 0 Å². The third-order valence-electron chi connectivity index (χ3n) is 2.29. The molecule has 4 heteroatoms. The first kappa shape index (κ1) is 10.7. The molecule has 0 amide bonds. The summed E-state index contributed by atoms with van der Waals surface area (Å²) in [7, 11) is 0. The number of hydrogen-bond acceptors (Lipinski definition) is 1. The van der Waals surface area contributed by atoms with E-state index in [1.54, 1.807) is 22.9 Å². The van der Waals surface area contributed by atoms with Gasteiger partial charge in [-0.1, -0.05) is 11.6 Å². The van der Waals surface area contributed by atoms with E-state index in [4.69, 9.17) is 16.9 Å². The van der Waals surface area contributed by atoms with Crippen molar-refractivity contribution in [2.75, 3.05) is 0 Å². The maximum atomic E-state index is 13.0. The van der Waals surface area contributed by atoms with E-state index in [9.17, 15) is 4.39 Å². The van der Waals surface area contributed by atoms with E-state index in [0.29, 0.717) is 22.8 Å². The van der Waals surface area contributed by atoms with Gasteiger partial charge in [0.1, 0.15) is 17.6 Å². The van der Waals surface area contributed by atoms with Gasteiger partial charge >= 0.3 is 0 Å². The fourth-order valence-electron chi connectivity index (χ4n) is 1.50. The summed E-state index contributed by atoms with van der Waals surface area (Å²) in [5.41, 5.74) is 1.19. The minimum atomic E-state index is -0.329. The summed E-state index contributed by atoms with van der Waals surface area (Å²) in [6.07, 6.45) is 1.76. The van der Waals surface area contributed by atoms with Crippen LogP contribution in [0.4, 0.5) is 4.39 Å². The fourth-order valence-corrected chi connectivity index (χ4v) is 1.68. The summed E-state index contributed by atoms with van der Waals surface area (Å²) >= 11 is 5.95. The average molecular weight is 235 g/mol. The largest absolute Gasteiger partial charge is 0.335 e. The zero-order chi connectivity index (χ0) is 11.5. The van der Waals surface area contributed by atoms with E-state index >= 15 is 0 Å². The Balaban J connectivity index is 2.34. The summed E-state index contributed by atoms with van der Waals surface area (Å²) in [4.78, 5) is 0. The lowest BCUT2D eigenvalue weighted by molar-refractivity contribution is 0.623. The first-order valence-corrected chi connectivity index (χ1v) is 5.07. The van der Waals surface area contributed by atoms with Crippen LogP contribution in [0.3, 0.4) is 0 Å². The molecule has 16 heavy (non-hydrogen) atoms. The zero-order valence-corrected chi connectivity index (χ0v) is 9.08. The summed E-state index contributed by atoms with van der Waals surface area (Å²) < 4.78 is 14.7. The molecule has 80 valence electrons. The smallest absolute Gasteiger partial charge is 0.123 e. The van der Waals surface area contributed by atoms with E-state index in [1.165, 1.54) is 18.2 Å². The highest BCUT2D eigenvalue weighted by molar-refractivity contribution is 6.31. The molecule has 2 nitrogen and oxygen atoms in total. The van der Waals surface area contributed by atoms with Crippen LogP contribution in [0.15, 0.2) is 36.5 Å². The van der Waals surface area contributed by atoms with Gasteiger partial charge in [-0.15, -0.1) is 0 Å².